The molecule has 1 aliphatic rings. The van der Waals surface area contributed by atoms with Gasteiger partial charge in [0.2, 0.25) is 0 Å². The van der Waals surface area contributed by atoms with Crippen LogP contribution in [0.2, 0.25) is 0 Å². The van der Waals surface area contributed by atoms with Gasteiger partial charge in [-0.1, -0.05) is 20.3 Å². The van der Waals surface area contributed by atoms with Gasteiger partial charge < -0.3 is 9.84 Å². The van der Waals surface area contributed by atoms with Crippen molar-refractivity contribution in [2.24, 2.45) is 11.8 Å². The van der Waals surface area contributed by atoms with Crippen LogP contribution in [0.25, 0.3) is 0 Å². The maximum atomic E-state index is 11.6. The summed E-state index contributed by atoms with van der Waals surface area (Å²) in [7, 11) is 0. The average molecular weight is 246 g/mol. The summed E-state index contributed by atoms with van der Waals surface area (Å²) < 4.78 is 5.26. The molecule has 0 radical (unpaired) electrons. The number of hydrogen-bond donors (Lipinski definition) is 1. The molecule has 0 aromatic heterocycles. The number of aliphatic carboxylic acids is 1. The molecule has 1 aliphatic heterocycles. The first kappa shape index (κ1) is 13.4. The van der Waals surface area contributed by atoms with E-state index in [1.807, 2.05) is 13.8 Å². The van der Waals surface area contributed by atoms with Gasteiger partial charge in [-0.15, -0.1) is 0 Å². The molecule has 0 saturated carbocycles. The summed E-state index contributed by atoms with van der Waals surface area (Å²) in [4.78, 5) is 22.5. The second-order valence-corrected chi connectivity index (χ2v) is 5.22. The van der Waals surface area contributed by atoms with E-state index in [0.717, 1.165) is 12.8 Å². The average Bonchev–Trinajstić information content (AvgIpc) is 2.66. The number of hydrogen-bond acceptors (Lipinski definition) is 4. The summed E-state index contributed by atoms with van der Waals surface area (Å²) in [5.74, 6) is -0.670. The van der Waals surface area contributed by atoms with E-state index in [0.29, 0.717) is 11.5 Å². The molecule has 1 saturated heterocycles. The van der Waals surface area contributed by atoms with Gasteiger partial charge in [0.1, 0.15) is 12.0 Å². The third kappa shape index (κ3) is 3.40. The van der Waals surface area contributed by atoms with E-state index in [1.165, 1.54) is 11.8 Å². The minimum absolute atomic E-state index is 0.134. The molecule has 1 fully saturated rings. The zero-order valence-electron chi connectivity index (χ0n) is 9.64. The van der Waals surface area contributed by atoms with E-state index in [9.17, 15) is 9.59 Å². The smallest absolute Gasteiger partial charge is 0.311 e. The lowest BCUT2D eigenvalue weighted by Crippen LogP contribution is -2.32. The lowest BCUT2D eigenvalue weighted by atomic mass is 10.0. The number of rotatable bonds is 5. The number of carbonyl (C=O) groups excluding carboxylic acids is 1. The van der Waals surface area contributed by atoms with Crippen LogP contribution in [0.5, 0.6) is 0 Å². The fourth-order valence-electron chi connectivity index (χ4n) is 1.70. The Labute approximate surface area is 99.7 Å². The van der Waals surface area contributed by atoms with Gasteiger partial charge in [0.05, 0.1) is 5.92 Å². The van der Waals surface area contributed by atoms with Crippen molar-refractivity contribution < 1.29 is 19.4 Å². The van der Waals surface area contributed by atoms with Crippen LogP contribution in [0.1, 0.15) is 26.7 Å². The predicted octanol–water partition coefficient (Wildman–Crippen LogP) is 1.78. The minimum atomic E-state index is -0.869. The van der Waals surface area contributed by atoms with Crippen molar-refractivity contribution in [3.8, 4) is 0 Å². The normalized spacial score (nSPS) is 26.4. The zero-order chi connectivity index (χ0) is 12.1. The molecule has 1 heterocycles. The molecule has 16 heavy (non-hydrogen) atoms. The number of carboxylic acids is 1. The van der Waals surface area contributed by atoms with Crippen LogP contribution in [-0.4, -0.2) is 34.7 Å². The molecule has 0 bridgehead atoms. The van der Waals surface area contributed by atoms with E-state index in [1.54, 1.807) is 0 Å². The third-order valence-corrected chi connectivity index (χ3v) is 3.90. The zero-order valence-corrected chi connectivity index (χ0v) is 10.5. The first-order valence-electron chi connectivity index (χ1n) is 5.57. The highest BCUT2D eigenvalue weighted by atomic mass is 32.2. The third-order valence-electron chi connectivity index (χ3n) is 2.74. The fraction of sp³-hybridized carbons (Fsp3) is 0.818. The molecule has 92 valence electrons. The van der Waals surface area contributed by atoms with Crippen molar-refractivity contribution in [1.29, 1.82) is 0 Å². The Balaban J connectivity index is 2.47. The molecule has 0 amide bonds. The first-order valence-corrected chi connectivity index (χ1v) is 6.72. The molecule has 0 aromatic rings. The maximum absolute atomic E-state index is 11.6. The van der Waals surface area contributed by atoms with Gasteiger partial charge in [0.15, 0.2) is 0 Å². The van der Waals surface area contributed by atoms with Gasteiger partial charge in [0, 0.05) is 11.5 Å². The SMILES string of the molecule is CCCC(C)C(=O)OC1CSCC1C(=O)O. The molecular formula is C11H18O4S. The van der Waals surface area contributed by atoms with Gasteiger partial charge in [-0.05, 0) is 6.42 Å². The molecule has 0 spiro atoms. The molecule has 3 atom stereocenters. The van der Waals surface area contributed by atoms with Crippen molar-refractivity contribution in [2.75, 3.05) is 11.5 Å². The first-order chi connectivity index (χ1) is 7.56. The largest absolute Gasteiger partial charge is 0.481 e. The Bertz CT molecular complexity index is 267. The van der Waals surface area contributed by atoms with E-state index in [2.05, 4.69) is 0 Å². The molecule has 5 heteroatoms. The summed E-state index contributed by atoms with van der Waals surface area (Å²) >= 11 is 1.53. The van der Waals surface area contributed by atoms with Gasteiger partial charge >= 0.3 is 11.9 Å². The Kier molecular flexibility index (Phi) is 5.12. The van der Waals surface area contributed by atoms with Crippen LogP contribution in [-0.2, 0) is 14.3 Å². The maximum Gasteiger partial charge on any atom is 0.311 e. The van der Waals surface area contributed by atoms with E-state index in [4.69, 9.17) is 9.84 Å². The summed E-state index contributed by atoms with van der Waals surface area (Å²) in [5, 5.41) is 8.93. The molecule has 4 nitrogen and oxygen atoms in total. The summed E-state index contributed by atoms with van der Waals surface area (Å²) in [5.41, 5.74) is 0. The topological polar surface area (TPSA) is 63.6 Å². The van der Waals surface area contributed by atoms with Crippen molar-refractivity contribution >= 4 is 23.7 Å². The summed E-state index contributed by atoms with van der Waals surface area (Å²) in [6.07, 6.45) is 1.27. The van der Waals surface area contributed by atoms with Crippen molar-refractivity contribution in [2.45, 2.75) is 32.8 Å². The Morgan fingerprint density at radius 3 is 2.75 bits per heavy atom. The van der Waals surface area contributed by atoms with Gasteiger partial charge in [-0.3, -0.25) is 9.59 Å². The van der Waals surface area contributed by atoms with Gasteiger partial charge in [-0.2, -0.15) is 11.8 Å². The molecular weight excluding hydrogens is 228 g/mol. The quantitative estimate of drug-likeness (QED) is 0.749. The second-order valence-electron chi connectivity index (χ2n) is 4.15. The number of thioether (sulfide) groups is 1. The van der Waals surface area contributed by atoms with Crippen LogP contribution in [0, 0.1) is 11.8 Å². The Morgan fingerprint density at radius 1 is 1.50 bits per heavy atom. The monoisotopic (exact) mass is 246 g/mol. The van der Waals surface area contributed by atoms with Gasteiger partial charge in [0.25, 0.3) is 0 Å². The minimum Gasteiger partial charge on any atom is -0.481 e. The van der Waals surface area contributed by atoms with E-state index in [-0.39, 0.29) is 11.9 Å². The summed E-state index contributed by atoms with van der Waals surface area (Å²) in [6, 6.07) is 0. The van der Waals surface area contributed by atoms with Crippen LogP contribution in [0.15, 0.2) is 0 Å². The molecule has 3 unspecified atom stereocenters. The highest BCUT2D eigenvalue weighted by Gasteiger charge is 2.36. The van der Waals surface area contributed by atoms with Gasteiger partial charge in [-0.25, -0.2) is 0 Å². The summed E-state index contributed by atoms with van der Waals surface area (Å²) in [6.45, 7) is 3.83. The van der Waals surface area contributed by atoms with Crippen molar-refractivity contribution in [3.05, 3.63) is 0 Å². The predicted molar refractivity (Wildman–Crippen MR) is 62.4 cm³/mol. The van der Waals surface area contributed by atoms with Crippen molar-refractivity contribution in [1.82, 2.24) is 0 Å². The number of carbonyl (C=O) groups is 2. The second kappa shape index (κ2) is 6.13. The van der Waals surface area contributed by atoms with Crippen LogP contribution < -0.4 is 0 Å². The number of esters is 1. The van der Waals surface area contributed by atoms with Crippen LogP contribution in [0.4, 0.5) is 0 Å². The number of ether oxygens (including phenoxy) is 1. The molecule has 1 N–H and O–H groups in total. The van der Waals surface area contributed by atoms with E-state index >= 15 is 0 Å². The highest BCUT2D eigenvalue weighted by Crippen LogP contribution is 2.27. The van der Waals surface area contributed by atoms with Crippen molar-refractivity contribution in [3.63, 3.8) is 0 Å². The lowest BCUT2D eigenvalue weighted by Gasteiger charge is -2.18. The standard InChI is InChI=1S/C11H18O4S/c1-3-4-7(2)11(14)15-9-6-16-5-8(9)10(12)13/h7-9H,3-6H2,1-2H3,(H,12,13). The molecule has 1 rings (SSSR count). The van der Waals surface area contributed by atoms with Crippen LogP contribution in [0.3, 0.4) is 0 Å². The Hall–Kier alpha value is -0.710. The van der Waals surface area contributed by atoms with E-state index < -0.39 is 18.0 Å². The fourth-order valence-corrected chi connectivity index (χ4v) is 2.98. The number of carboxylic acid groups (broad SMARTS) is 1. The Morgan fingerprint density at radius 2 is 2.19 bits per heavy atom. The van der Waals surface area contributed by atoms with Crippen LogP contribution >= 0.6 is 11.8 Å². The lowest BCUT2D eigenvalue weighted by molar-refractivity contribution is -0.158. The highest BCUT2D eigenvalue weighted by molar-refractivity contribution is 7.99. The molecule has 0 aliphatic carbocycles. The molecule has 0 aromatic carbocycles.